The van der Waals surface area contributed by atoms with Gasteiger partial charge in [0.05, 0.1) is 25.4 Å². The van der Waals surface area contributed by atoms with E-state index >= 15 is 0 Å². The summed E-state index contributed by atoms with van der Waals surface area (Å²) < 4.78 is 5.48. The topological polar surface area (TPSA) is 95.9 Å². The van der Waals surface area contributed by atoms with Gasteiger partial charge in [-0.2, -0.15) is 0 Å². The number of aliphatic hydroxyl groups excluding tert-OH is 2. The lowest BCUT2D eigenvalue weighted by Crippen LogP contribution is -2.45. The van der Waals surface area contributed by atoms with Gasteiger partial charge in [0.2, 0.25) is 5.91 Å². The molecular formula is C75H145NO5. The van der Waals surface area contributed by atoms with E-state index in [9.17, 15) is 19.8 Å². The van der Waals surface area contributed by atoms with Crippen LogP contribution in [-0.2, 0) is 14.3 Å². The molecule has 0 aromatic heterocycles. The predicted octanol–water partition coefficient (Wildman–Crippen LogP) is 24.1. The minimum Gasteiger partial charge on any atom is -0.466 e. The molecule has 1 amide bonds. The Morgan fingerprint density at radius 3 is 0.901 bits per heavy atom. The fourth-order valence-corrected chi connectivity index (χ4v) is 11.8. The number of ether oxygens (including phenoxy) is 1. The van der Waals surface area contributed by atoms with Gasteiger partial charge in [-0.25, -0.2) is 0 Å². The number of hydrogen-bond acceptors (Lipinski definition) is 5. The molecular weight excluding hydrogens is 995 g/mol. The minimum atomic E-state index is -0.839. The maximum atomic E-state index is 12.5. The zero-order valence-electron chi connectivity index (χ0n) is 55.0. The third-order valence-corrected chi connectivity index (χ3v) is 17.5. The van der Waals surface area contributed by atoms with E-state index in [1.54, 1.807) is 6.08 Å². The predicted molar refractivity (Wildman–Crippen MR) is 356 cm³/mol. The van der Waals surface area contributed by atoms with Gasteiger partial charge in [-0.15, -0.1) is 0 Å². The van der Waals surface area contributed by atoms with Crippen molar-refractivity contribution in [2.45, 2.75) is 431 Å². The number of carbonyl (C=O) groups is 2. The van der Waals surface area contributed by atoms with E-state index in [-0.39, 0.29) is 18.5 Å². The SMILES string of the molecule is CCCCC/C=C\CCCCCCCC(=O)OCCCCCCCCCCCCCCCCCCCCCCCCCCCCCCCCCCCCCCCCCC(=O)NC(CO)C(O)/C=C/CCCCCCCCCCCCC. The molecule has 480 valence electrons. The number of amides is 1. The van der Waals surface area contributed by atoms with Crippen molar-refractivity contribution < 1.29 is 24.5 Å². The van der Waals surface area contributed by atoms with Crippen molar-refractivity contribution in [1.82, 2.24) is 5.32 Å². The van der Waals surface area contributed by atoms with Gasteiger partial charge in [0, 0.05) is 12.8 Å². The Morgan fingerprint density at radius 2 is 0.580 bits per heavy atom. The van der Waals surface area contributed by atoms with Crippen LogP contribution >= 0.6 is 0 Å². The summed E-state index contributed by atoms with van der Waals surface area (Å²) in [5.41, 5.74) is 0. The lowest BCUT2D eigenvalue weighted by Gasteiger charge is -2.20. The van der Waals surface area contributed by atoms with E-state index in [0.717, 1.165) is 44.9 Å². The number of rotatable bonds is 70. The molecule has 0 aromatic carbocycles. The largest absolute Gasteiger partial charge is 0.466 e. The molecule has 0 saturated heterocycles. The second-order valence-electron chi connectivity index (χ2n) is 25.6. The smallest absolute Gasteiger partial charge is 0.305 e. The molecule has 0 aliphatic carbocycles. The number of allylic oxidation sites excluding steroid dienone is 3. The Bertz CT molecular complexity index is 1270. The Balaban J connectivity index is 3.29. The third-order valence-electron chi connectivity index (χ3n) is 17.5. The molecule has 6 heteroatoms. The Morgan fingerprint density at radius 1 is 0.333 bits per heavy atom. The zero-order valence-corrected chi connectivity index (χ0v) is 55.0. The molecule has 0 aliphatic heterocycles. The first kappa shape index (κ1) is 79.3. The van der Waals surface area contributed by atoms with Crippen molar-refractivity contribution in [1.29, 1.82) is 0 Å². The normalized spacial score (nSPS) is 12.6. The van der Waals surface area contributed by atoms with Gasteiger partial charge >= 0.3 is 5.97 Å². The van der Waals surface area contributed by atoms with Crippen LogP contribution in [-0.4, -0.2) is 47.4 Å². The van der Waals surface area contributed by atoms with Crippen LogP contribution in [0, 0.1) is 0 Å². The molecule has 3 N–H and O–H groups in total. The van der Waals surface area contributed by atoms with E-state index < -0.39 is 12.1 Å². The average molecular weight is 1140 g/mol. The number of aliphatic hydroxyl groups is 2. The summed E-state index contributed by atoms with van der Waals surface area (Å²) in [6.45, 7) is 4.91. The van der Waals surface area contributed by atoms with Gasteiger partial charge in [-0.05, 0) is 57.8 Å². The number of nitrogens with one attached hydrogen (secondary N) is 1. The average Bonchev–Trinajstić information content (AvgIpc) is 3.47. The highest BCUT2D eigenvalue weighted by atomic mass is 16.5. The van der Waals surface area contributed by atoms with E-state index in [1.165, 1.54) is 347 Å². The van der Waals surface area contributed by atoms with Crippen LogP contribution in [0.2, 0.25) is 0 Å². The first-order valence-electron chi connectivity index (χ1n) is 37.1. The fraction of sp³-hybridized carbons (Fsp3) is 0.920. The number of unbranched alkanes of at least 4 members (excludes halogenated alkanes) is 57. The van der Waals surface area contributed by atoms with E-state index in [4.69, 9.17) is 4.74 Å². The molecule has 0 saturated carbocycles. The maximum absolute atomic E-state index is 12.5. The summed E-state index contributed by atoms with van der Waals surface area (Å²) in [4.78, 5) is 24.5. The Labute approximate surface area is 507 Å². The highest BCUT2D eigenvalue weighted by Crippen LogP contribution is 2.19. The molecule has 0 heterocycles. The van der Waals surface area contributed by atoms with Crippen molar-refractivity contribution in [2.75, 3.05) is 13.2 Å². The first-order valence-corrected chi connectivity index (χ1v) is 37.1. The van der Waals surface area contributed by atoms with Crippen LogP contribution < -0.4 is 5.32 Å². The van der Waals surface area contributed by atoms with E-state index in [2.05, 4.69) is 31.3 Å². The van der Waals surface area contributed by atoms with Gasteiger partial charge in [-0.3, -0.25) is 9.59 Å². The van der Waals surface area contributed by atoms with Crippen molar-refractivity contribution >= 4 is 11.9 Å². The highest BCUT2D eigenvalue weighted by molar-refractivity contribution is 5.76. The standard InChI is InChI=1S/C75H145NO5/c1-3-5-7-9-11-13-15-44-47-51-55-59-63-67-73(78)72(71-77)76-74(79)68-64-60-56-52-48-45-42-40-38-36-34-32-30-28-26-24-22-20-18-17-19-21-23-25-27-29-31-33-35-37-39-41-43-46-50-54-58-62-66-70-81-75(80)69-65-61-57-53-49-16-14-12-10-8-6-4-2/h12,14,63,67,72-73,77-78H,3-11,13,15-62,64-66,68-71H2,1-2H3,(H,76,79)/b14-12-,67-63+. The van der Waals surface area contributed by atoms with Crippen LogP contribution in [0.4, 0.5) is 0 Å². The number of carbonyl (C=O) groups excluding carboxylic acids is 2. The van der Waals surface area contributed by atoms with Crippen LogP contribution in [0.1, 0.15) is 418 Å². The molecule has 0 rings (SSSR count). The minimum absolute atomic E-state index is 0.0142. The maximum Gasteiger partial charge on any atom is 0.305 e. The summed E-state index contributed by atoms with van der Waals surface area (Å²) in [6.07, 6.45) is 90.2. The van der Waals surface area contributed by atoms with E-state index in [1.807, 2.05) is 6.08 Å². The molecule has 2 unspecified atom stereocenters. The highest BCUT2D eigenvalue weighted by Gasteiger charge is 2.18. The Hall–Kier alpha value is -1.66. The molecule has 0 bridgehead atoms. The van der Waals surface area contributed by atoms with Crippen molar-refractivity contribution in [3.8, 4) is 0 Å². The molecule has 0 spiro atoms. The molecule has 81 heavy (non-hydrogen) atoms. The Kier molecular flexibility index (Phi) is 69.4. The summed E-state index contributed by atoms with van der Waals surface area (Å²) in [6, 6.07) is -0.622. The van der Waals surface area contributed by atoms with Gasteiger partial charge in [0.25, 0.3) is 0 Å². The van der Waals surface area contributed by atoms with E-state index in [0.29, 0.717) is 19.4 Å². The monoisotopic (exact) mass is 1140 g/mol. The van der Waals surface area contributed by atoms with Crippen molar-refractivity contribution in [2.24, 2.45) is 0 Å². The second kappa shape index (κ2) is 70.8. The zero-order chi connectivity index (χ0) is 58.5. The molecule has 0 fully saturated rings. The summed E-state index contributed by atoms with van der Waals surface area (Å²) in [7, 11) is 0. The van der Waals surface area contributed by atoms with Gasteiger partial charge < -0.3 is 20.3 Å². The molecule has 0 aliphatic rings. The second-order valence-corrected chi connectivity index (χ2v) is 25.6. The van der Waals surface area contributed by atoms with Crippen LogP contribution in [0.3, 0.4) is 0 Å². The van der Waals surface area contributed by atoms with Crippen LogP contribution in [0.5, 0.6) is 0 Å². The quantitative estimate of drug-likeness (QED) is 0.0320. The number of esters is 1. The molecule has 0 radical (unpaired) electrons. The van der Waals surface area contributed by atoms with Crippen molar-refractivity contribution in [3.63, 3.8) is 0 Å². The summed E-state index contributed by atoms with van der Waals surface area (Å²) in [5.74, 6) is -0.0458. The van der Waals surface area contributed by atoms with Gasteiger partial charge in [0.15, 0.2) is 0 Å². The number of hydrogen-bond donors (Lipinski definition) is 3. The molecule has 2 atom stereocenters. The van der Waals surface area contributed by atoms with Gasteiger partial charge in [0.1, 0.15) is 0 Å². The lowest BCUT2D eigenvalue weighted by atomic mass is 10.0. The van der Waals surface area contributed by atoms with Crippen molar-refractivity contribution in [3.05, 3.63) is 24.3 Å². The van der Waals surface area contributed by atoms with Gasteiger partial charge in [-0.1, -0.05) is 372 Å². The molecule has 6 nitrogen and oxygen atoms in total. The summed E-state index contributed by atoms with van der Waals surface area (Å²) >= 11 is 0. The van der Waals surface area contributed by atoms with Crippen LogP contribution in [0.25, 0.3) is 0 Å². The lowest BCUT2D eigenvalue weighted by molar-refractivity contribution is -0.143. The summed E-state index contributed by atoms with van der Waals surface area (Å²) in [5, 5.41) is 23.1. The fourth-order valence-electron chi connectivity index (χ4n) is 11.8. The third kappa shape index (κ3) is 67.3. The molecule has 0 aromatic rings. The van der Waals surface area contributed by atoms with Crippen LogP contribution in [0.15, 0.2) is 24.3 Å². The first-order chi connectivity index (χ1) is 40.0.